The first-order valence-electron chi connectivity index (χ1n) is 3.79. The second kappa shape index (κ2) is 3.35. The summed E-state index contributed by atoms with van der Waals surface area (Å²) >= 11 is 1.04. The van der Waals surface area contributed by atoms with E-state index in [9.17, 15) is 14.9 Å². The van der Waals surface area contributed by atoms with Crippen LogP contribution in [0.3, 0.4) is 0 Å². The molecule has 0 amide bonds. The van der Waals surface area contributed by atoms with Crippen LogP contribution < -0.4 is 5.56 Å². The number of thioether (sulfide) groups is 1. The summed E-state index contributed by atoms with van der Waals surface area (Å²) in [6.07, 6.45) is 2.86. The molecule has 1 N–H and O–H groups in total. The predicted molar refractivity (Wildman–Crippen MR) is 52.0 cm³/mol. The van der Waals surface area contributed by atoms with Crippen LogP contribution in [0.4, 0.5) is 5.69 Å². The molecule has 0 aromatic carbocycles. The van der Waals surface area contributed by atoms with E-state index >= 15 is 0 Å². The number of hydrogen-bond donors (Lipinski definition) is 1. The van der Waals surface area contributed by atoms with Crippen molar-refractivity contribution >= 4 is 23.2 Å². The third kappa shape index (κ3) is 1.36. The van der Waals surface area contributed by atoms with Crippen LogP contribution in [-0.2, 0) is 0 Å². The number of nitrogens with zero attached hydrogens (tertiary/aromatic N) is 4. The lowest BCUT2D eigenvalue weighted by atomic mass is 10.5. The first-order chi connectivity index (χ1) is 7.15. The van der Waals surface area contributed by atoms with Crippen LogP contribution in [0.1, 0.15) is 0 Å². The summed E-state index contributed by atoms with van der Waals surface area (Å²) in [4.78, 5) is 29.2. The van der Waals surface area contributed by atoms with Gasteiger partial charge in [0, 0.05) is 0 Å². The number of aromatic amines is 1. The Morgan fingerprint density at radius 1 is 1.67 bits per heavy atom. The van der Waals surface area contributed by atoms with Crippen LogP contribution in [-0.4, -0.2) is 30.8 Å². The lowest BCUT2D eigenvalue weighted by Crippen LogP contribution is -2.19. The molecule has 9 heteroatoms. The number of fused-ring (bicyclic) bond motifs is 1. The molecule has 0 atom stereocenters. The smallest absolute Gasteiger partial charge is 0.277 e. The van der Waals surface area contributed by atoms with Gasteiger partial charge >= 0.3 is 11.2 Å². The molecule has 0 saturated carbocycles. The van der Waals surface area contributed by atoms with E-state index in [0.29, 0.717) is 0 Å². The topological polar surface area (TPSA) is 106 Å². The van der Waals surface area contributed by atoms with Gasteiger partial charge in [0.25, 0.3) is 5.78 Å². The molecular weight excluding hydrogens is 222 g/mol. The third-order valence-electron chi connectivity index (χ3n) is 1.75. The fourth-order valence-electron chi connectivity index (χ4n) is 1.13. The first-order valence-corrected chi connectivity index (χ1v) is 5.02. The van der Waals surface area contributed by atoms with Crippen molar-refractivity contribution in [2.45, 2.75) is 5.03 Å². The minimum atomic E-state index is -0.758. The highest BCUT2D eigenvalue weighted by Gasteiger charge is 2.23. The molecular formula is C6H5N5O3S. The van der Waals surface area contributed by atoms with Gasteiger partial charge in [0.15, 0.2) is 5.03 Å². The summed E-state index contributed by atoms with van der Waals surface area (Å²) in [6.45, 7) is 0. The Kier molecular flexibility index (Phi) is 2.15. The lowest BCUT2D eigenvalue weighted by Gasteiger charge is -1.97. The van der Waals surface area contributed by atoms with Crippen LogP contribution in [0.5, 0.6) is 0 Å². The van der Waals surface area contributed by atoms with Gasteiger partial charge in [0.05, 0.1) is 4.92 Å². The Hall–Kier alpha value is -1.90. The van der Waals surface area contributed by atoms with Crippen molar-refractivity contribution in [3.05, 3.63) is 26.8 Å². The number of hydrogen-bond acceptors (Lipinski definition) is 6. The monoisotopic (exact) mass is 227 g/mol. The van der Waals surface area contributed by atoms with Gasteiger partial charge in [-0.1, -0.05) is 0 Å². The molecule has 78 valence electrons. The number of aromatic nitrogens is 4. The molecule has 2 aromatic heterocycles. The maximum Gasteiger partial charge on any atom is 0.367 e. The van der Waals surface area contributed by atoms with Crippen molar-refractivity contribution in [1.29, 1.82) is 0 Å². The largest absolute Gasteiger partial charge is 0.367 e. The van der Waals surface area contributed by atoms with E-state index in [1.165, 1.54) is 6.33 Å². The summed E-state index contributed by atoms with van der Waals surface area (Å²) in [7, 11) is 0. The molecule has 8 nitrogen and oxygen atoms in total. The zero-order valence-corrected chi connectivity index (χ0v) is 8.32. The van der Waals surface area contributed by atoms with Gasteiger partial charge in [0.1, 0.15) is 6.33 Å². The number of H-pyrrole nitrogens is 1. The van der Waals surface area contributed by atoms with E-state index in [-0.39, 0.29) is 10.8 Å². The van der Waals surface area contributed by atoms with Crippen molar-refractivity contribution in [2.24, 2.45) is 0 Å². The normalized spacial score (nSPS) is 10.7. The molecule has 0 radical (unpaired) electrons. The van der Waals surface area contributed by atoms with Crippen molar-refractivity contribution in [3.63, 3.8) is 0 Å². The fourth-order valence-corrected chi connectivity index (χ4v) is 1.66. The summed E-state index contributed by atoms with van der Waals surface area (Å²) in [5.74, 6) is 0.120. The van der Waals surface area contributed by atoms with Gasteiger partial charge in [-0.05, 0) is 6.26 Å². The summed E-state index contributed by atoms with van der Waals surface area (Å²) in [5, 5.41) is 13.2. The highest BCUT2D eigenvalue weighted by atomic mass is 32.2. The summed E-state index contributed by atoms with van der Waals surface area (Å²) < 4.78 is 0.928. The SMILES string of the molecule is CSc1nc2nc[nH]n2c(=O)c1[N+](=O)[O-]. The minimum Gasteiger partial charge on any atom is -0.277 e. The molecule has 0 aliphatic carbocycles. The molecule has 0 bridgehead atoms. The maximum absolute atomic E-state index is 11.6. The van der Waals surface area contributed by atoms with Crippen LogP contribution in [0.2, 0.25) is 0 Å². The zero-order valence-electron chi connectivity index (χ0n) is 7.50. The van der Waals surface area contributed by atoms with Gasteiger partial charge < -0.3 is 0 Å². The summed E-state index contributed by atoms with van der Waals surface area (Å²) in [6, 6.07) is 0. The number of rotatable bonds is 2. The molecule has 0 fully saturated rings. The van der Waals surface area contributed by atoms with Crippen molar-refractivity contribution in [2.75, 3.05) is 6.26 Å². The van der Waals surface area contributed by atoms with Gasteiger partial charge in [-0.15, -0.1) is 11.8 Å². The average Bonchev–Trinajstić information content (AvgIpc) is 2.64. The Balaban J connectivity index is 2.92. The number of nitrogens with one attached hydrogen (secondary N) is 1. The second-order valence-electron chi connectivity index (χ2n) is 2.55. The molecule has 2 rings (SSSR count). The first kappa shape index (κ1) is 9.65. The fraction of sp³-hybridized carbons (Fsp3) is 0.167. The molecule has 0 unspecified atom stereocenters. The van der Waals surface area contributed by atoms with E-state index in [1.54, 1.807) is 6.26 Å². The number of nitro groups is 1. The van der Waals surface area contributed by atoms with Gasteiger partial charge in [-0.25, -0.2) is 4.98 Å². The standard InChI is InChI=1S/C6H5N5O3S/c1-15-4-3(11(13)14)5(12)10-6(9-4)7-2-8-10/h2H,1H3,(H,7,8,9). The van der Waals surface area contributed by atoms with Crippen molar-refractivity contribution < 1.29 is 4.92 Å². The quantitative estimate of drug-likeness (QED) is 0.336. The van der Waals surface area contributed by atoms with E-state index in [1.807, 2.05) is 0 Å². The summed E-state index contributed by atoms with van der Waals surface area (Å²) in [5.41, 5.74) is -1.30. The van der Waals surface area contributed by atoms with E-state index in [4.69, 9.17) is 0 Å². The van der Waals surface area contributed by atoms with E-state index < -0.39 is 16.2 Å². The third-order valence-corrected chi connectivity index (χ3v) is 2.42. The van der Waals surface area contributed by atoms with Gasteiger partial charge in [0.2, 0.25) is 0 Å². The molecule has 2 aromatic rings. The van der Waals surface area contributed by atoms with Crippen LogP contribution >= 0.6 is 11.8 Å². The molecule has 0 spiro atoms. The van der Waals surface area contributed by atoms with Crippen LogP contribution in [0.15, 0.2) is 16.1 Å². The predicted octanol–water partition coefficient (Wildman–Crippen LogP) is 0.0477. The van der Waals surface area contributed by atoms with E-state index in [0.717, 1.165) is 16.3 Å². The van der Waals surface area contributed by atoms with Gasteiger partial charge in [-0.2, -0.15) is 9.50 Å². The average molecular weight is 227 g/mol. The molecule has 15 heavy (non-hydrogen) atoms. The van der Waals surface area contributed by atoms with Gasteiger partial charge in [-0.3, -0.25) is 20.0 Å². The van der Waals surface area contributed by atoms with Crippen LogP contribution in [0.25, 0.3) is 5.78 Å². The molecule has 0 saturated heterocycles. The lowest BCUT2D eigenvalue weighted by molar-refractivity contribution is -0.389. The second-order valence-corrected chi connectivity index (χ2v) is 3.35. The zero-order chi connectivity index (χ0) is 11.0. The maximum atomic E-state index is 11.6. The minimum absolute atomic E-state index is 0.0668. The van der Waals surface area contributed by atoms with Crippen molar-refractivity contribution in [1.82, 2.24) is 19.6 Å². The molecule has 0 aliphatic rings. The van der Waals surface area contributed by atoms with Crippen LogP contribution in [0, 0.1) is 10.1 Å². The Labute approximate surface area is 86.5 Å². The van der Waals surface area contributed by atoms with Crippen molar-refractivity contribution in [3.8, 4) is 0 Å². The Morgan fingerprint density at radius 2 is 2.40 bits per heavy atom. The Bertz CT molecular complexity index is 588. The highest BCUT2D eigenvalue weighted by Crippen LogP contribution is 2.20. The van der Waals surface area contributed by atoms with E-state index in [2.05, 4.69) is 15.1 Å². The highest BCUT2D eigenvalue weighted by molar-refractivity contribution is 7.98. The molecule has 2 heterocycles. The molecule has 0 aliphatic heterocycles. The Morgan fingerprint density at radius 3 is 3.00 bits per heavy atom.